The minimum atomic E-state index is 0.918. The summed E-state index contributed by atoms with van der Waals surface area (Å²) in [7, 11) is 1.74. The summed E-state index contributed by atoms with van der Waals surface area (Å²) in [6.45, 7) is 10.5. The van der Waals surface area contributed by atoms with Gasteiger partial charge in [-0.2, -0.15) is 0 Å². The van der Waals surface area contributed by atoms with Crippen molar-refractivity contribution in [1.82, 2.24) is 5.32 Å². The van der Waals surface area contributed by atoms with Crippen molar-refractivity contribution in [3.63, 3.8) is 0 Å². The summed E-state index contributed by atoms with van der Waals surface area (Å²) in [5.41, 5.74) is 7.56. The van der Waals surface area contributed by atoms with Crippen molar-refractivity contribution in [3.05, 3.63) is 52.6 Å². The number of benzene rings is 2. The van der Waals surface area contributed by atoms with Gasteiger partial charge in [0.2, 0.25) is 0 Å². The van der Waals surface area contributed by atoms with Gasteiger partial charge >= 0.3 is 0 Å². The van der Waals surface area contributed by atoms with Crippen LogP contribution in [0.5, 0.6) is 5.75 Å². The normalized spacial score (nSPS) is 10.7. The largest absolute Gasteiger partial charge is 0.496 e. The molecule has 0 atom stereocenters. The zero-order chi connectivity index (χ0) is 15.4. The molecule has 2 aromatic carbocycles. The lowest BCUT2D eigenvalue weighted by Crippen LogP contribution is -2.11. The van der Waals surface area contributed by atoms with Gasteiger partial charge in [0.15, 0.2) is 0 Å². The summed E-state index contributed by atoms with van der Waals surface area (Å²) in [6, 6.07) is 11.0. The minimum Gasteiger partial charge on any atom is -0.496 e. The van der Waals surface area contributed by atoms with Crippen LogP contribution in [0, 0.1) is 20.8 Å². The lowest BCUT2D eigenvalue weighted by Gasteiger charge is -2.16. The van der Waals surface area contributed by atoms with Crippen molar-refractivity contribution < 1.29 is 4.74 Å². The Morgan fingerprint density at radius 1 is 1.00 bits per heavy atom. The van der Waals surface area contributed by atoms with E-state index in [1.54, 1.807) is 7.11 Å². The van der Waals surface area contributed by atoms with E-state index in [0.29, 0.717) is 0 Å². The number of aryl methyl sites for hydroxylation is 3. The molecular weight excluding hydrogens is 258 g/mol. The molecule has 0 aliphatic heterocycles. The van der Waals surface area contributed by atoms with Gasteiger partial charge in [-0.25, -0.2) is 0 Å². The number of ether oxygens (including phenoxy) is 1. The summed E-state index contributed by atoms with van der Waals surface area (Å²) in [5.74, 6) is 0.954. The van der Waals surface area contributed by atoms with Crippen LogP contribution >= 0.6 is 0 Å². The Balaban J connectivity index is 2.47. The molecule has 0 saturated heterocycles. The van der Waals surface area contributed by atoms with Crippen LogP contribution < -0.4 is 10.1 Å². The molecule has 0 aliphatic rings. The second kappa shape index (κ2) is 6.77. The smallest absolute Gasteiger partial charge is 0.127 e. The van der Waals surface area contributed by atoms with E-state index in [4.69, 9.17) is 4.74 Å². The first-order valence-corrected chi connectivity index (χ1v) is 7.52. The van der Waals surface area contributed by atoms with E-state index in [1.807, 2.05) is 0 Å². The molecule has 0 radical (unpaired) electrons. The lowest BCUT2D eigenvalue weighted by molar-refractivity contribution is 0.416. The molecule has 0 fully saturated rings. The molecule has 0 amide bonds. The molecule has 0 spiro atoms. The van der Waals surface area contributed by atoms with E-state index in [1.165, 1.54) is 33.4 Å². The number of hydrogen-bond donors (Lipinski definition) is 1. The highest BCUT2D eigenvalue weighted by atomic mass is 16.5. The van der Waals surface area contributed by atoms with E-state index < -0.39 is 0 Å². The van der Waals surface area contributed by atoms with Crippen molar-refractivity contribution in [1.29, 1.82) is 0 Å². The second-order valence-electron chi connectivity index (χ2n) is 5.59. The summed E-state index contributed by atoms with van der Waals surface area (Å²) in [6.07, 6.45) is 0. The first-order chi connectivity index (χ1) is 10.1. The SMILES string of the molecule is CCNCc1ccc(-c2c(C)cc(C)cc2OC)c(C)c1. The van der Waals surface area contributed by atoms with Gasteiger partial charge in [-0.05, 0) is 61.2 Å². The Morgan fingerprint density at radius 3 is 2.38 bits per heavy atom. The Morgan fingerprint density at radius 2 is 1.76 bits per heavy atom. The molecule has 0 unspecified atom stereocenters. The first-order valence-electron chi connectivity index (χ1n) is 7.52. The molecule has 0 bridgehead atoms. The summed E-state index contributed by atoms with van der Waals surface area (Å²) in [4.78, 5) is 0. The molecule has 2 rings (SSSR count). The maximum atomic E-state index is 5.60. The summed E-state index contributed by atoms with van der Waals surface area (Å²) < 4.78 is 5.60. The van der Waals surface area contributed by atoms with Crippen molar-refractivity contribution in [2.24, 2.45) is 0 Å². The molecule has 2 nitrogen and oxygen atoms in total. The van der Waals surface area contributed by atoms with Gasteiger partial charge in [0.25, 0.3) is 0 Å². The molecule has 0 heterocycles. The Bertz CT molecular complexity index is 632. The Kier molecular flexibility index (Phi) is 5.03. The molecule has 1 N–H and O–H groups in total. The van der Waals surface area contributed by atoms with Gasteiger partial charge in [-0.15, -0.1) is 0 Å². The van der Waals surface area contributed by atoms with Gasteiger partial charge in [0, 0.05) is 12.1 Å². The molecular formula is C19H25NO. The standard InChI is InChI=1S/C19H25NO/c1-6-20-12-16-7-8-17(14(3)11-16)19-15(4)9-13(2)10-18(19)21-5/h7-11,20H,6,12H2,1-5H3. The van der Waals surface area contributed by atoms with Crippen LogP contribution in [-0.4, -0.2) is 13.7 Å². The number of nitrogens with one attached hydrogen (secondary N) is 1. The topological polar surface area (TPSA) is 21.3 Å². The first kappa shape index (κ1) is 15.6. The highest BCUT2D eigenvalue weighted by molar-refractivity contribution is 5.77. The summed E-state index contributed by atoms with van der Waals surface area (Å²) in [5, 5.41) is 3.37. The maximum absolute atomic E-state index is 5.60. The zero-order valence-electron chi connectivity index (χ0n) is 13.7. The van der Waals surface area contributed by atoms with Crippen LogP contribution in [-0.2, 0) is 6.54 Å². The zero-order valence-corrected chi connectivity index (χ0v) is 13.7. The number of methoxy groups -OCH3 is 1. The van der Waals surface area contributed by atoms with Crippen molar-refractivity contribution in [2.75, 3.05) is 13.7 Å². The number of hydrogen-bond acceptors (Lipinski definition) is 2. The molecule has 2 aromatic rings. The van der Waals surface area contributed by atoms with Crippen LogP contribution in [0.3, 0.4) is 0 Å². The van der Waals surface area contributed by atoms with Gasteiger partial charge in [0.05, 0.1) is 7.11 Å². The Labute approximate surface area is 128 Å². The second-order valence-corrected chi connectivity index (χ2v) is 5.59. The quantitative estimate of drug-likeness (QED) is 0.878. The predicted molar refractivity (Wildman–Crippen MR) is 90.0 cm³/mol. The van der Waals surface area contributed by atoms with E-state index in [0.717, 1.165) is 18.8 Å². The third-order valence-electron chi connectivity index (χ3n) is 3.80. The third-order valence-corrected chi connectivity index (χ3v) is 3.80. The van der Waals surface area contributed by atoms with Crippen LogP contribution in [0.1, 0.15) is 29.2 Å². The fraction of sp³-hybridized carbons (Fsp3) is 0.368. The average molecular weight is 283 g/mol. The van der Waals surface area contributed by atoms with Crippen LogP contribution in [0.15, 0.2) is 30.3 Å². The third kappa shape index (κ3) is 3.45. The highest BCUT2D eigenvalue weighted by Crippen LogP contribution is 2.36. The van der Waals surface area contributed by atoms with E-state index in [9.17, 15) is 0 Å². The molecule has 0 saturated carbocycles. The van der Waals surface area contributed by atoms with E-state index >= 15 is 0 Å². The van der Waals surface area contributed by atoms with E-state index in [2.05, 4.69) is 63.3 Å². The predicted octanol–water partition coefficient (Wildman–Crippen LogP) is 4.40. The average Bonchev–Trinajstić information content (AvgIpc) is 2.45. The van der Waals surface area contributed by atoms with Gasteiger partial charge < -0.3 is 10.1 Å². The molecule has 0 aliphatic carbocycles. The van der Waals surface area contributed by atoms with Crippen molar-refractivity contribution >= 4 is 0 Å². The van der Waals surface area contributed by atoms with Gasteiger partial charge in [0.1, 0.15) is 5.75 Å². The van der Waals surface area contributed by atoms with Crippen molar-refractivity contribution in [3.8, 4) is 16.9 Å². The Hall–Kier alpha value is -1.80. The van der Waals surface area contributed by atoms with E-state index in [-0.39, 0.29) is 0 Å². The lowest BCUT2D eigenvalue weighted by atomic mass is 9.93. The molecule has 2 heteroatoms. The summed E-state index contributed by atoms with van der Waals surface area (Å²) >= 11 is 0. The molecule has 21 heavy (non-hydrogen) atoms. The van der Waals surface area contributed by atoms with Crippen LogP contribution in [0.4, 0.5) is 0 Å². The maximum Gasteiger partial charge on any atom is 0.127 e. The monoisotopic (exact) mass is 283 g/mol. The minimum absolute atomic E-state index is 0.918. The van der Waals surface area contributed by atoms with Crippen LogP contribution in [0.2, 0.25) is 0 Å². The molecule has 0 aromatic heterocycles. The number of rotatable bonds is 5. The highest BCUT2D eigenvalue weighted by Gasteiger charge is 2.12. The van der Waals surface area contributed by atoms with Crippen LogP contribution in [0.25, 0.3) is 11.1 Å². The van der Waals surface area contributed by atoms with Crippen molar-refractivity contribution in [2.45, 2.75) is 34.2 Å². The van der Waals surface area contributed by atoms with Gasteiger partial charge in [-0.3, -0.25) is 0 Å². The fourth-order valence-corrected chi connectivity index (χ4v) is 2.82. The fourth-order valence-electron chi connectivity index (χ4n) is 2.82. The van der Waals surface area contributed by atoms with Gasteiger partial charge in [-0.1, -0.05) is 31.2 Å². The molecule has 112 valence electrons.